The Balaban J connectivity index is 3.36. The molecular weight excluding hydrogens is 164 g/mol. The van der Waals surface area contributed by atoms with Gasteiger partial charge in [0.2, 0.25) is 0 Å². The fourth-order valence-electron chi connectivity index (χ4n) is 1.15. The normalized spacial score (nSPS) is 12.4. The highest BCUT2D eigenvalue weighted by Crippen LogP contribution is 2.02. The van der Waals surface area contributed by atoms with E-state index in [9.17, 15) is 0 Å². The maximum Gasteiger partial charge on any atom is 0.0953 e. The third-order valence-corrected chi connectivity index (χ3v) is 1.95. The molecule has 0 aromatic rings. The third kappa shape index (κ3) is 7.76. The molecule has 0 spiro atoms. The third-order valence-electron chi connectivity index (χ3n) is 1.95. The first-order chi connectivity index (χ1) is 6.35. The van der Waals surface area contributed by atoms with Gasteiger partial charge >= 0.3 is 0 Å². The minimum Gasteiger partial charge on any atom is -0.383 e. The largest absolute Gasteiger partial charge is 0.383 e. The van der Waals surface area contributed by atoms with Crippen LogP contribution in [-0.2, 0) is 4.74 Å². The van der Waals surface area contributed by atoms with Crippen molar-refractivity contribution in [3.05, 3.63) is 0 Å². The van der Waals surface area contributed by atoms with E-state index < -0.39 is 0 Å². The molecule has 1 atom stereocenters. The number of ether oxygens (including phenoxy) is 1. The Morgan fingerprint density at radius 3 is 2.77 bits per heavy atom. The molecule has 0 aliphatic carbocycles. The summed E-state index contributed by atoms with van der Waals surface area (Å²) in [5, 5.41) is 11.9. The van der Waals surface area contributed by atoms with Crippen molar-refractivity contribution in [1.82, 2.24) is 5.32 Å². The monoisotopic (exact) mass is 184 g/mol. The van der Waals surface area contributed by atoms with Crippen LogP contribution in [0.2, 0.25) is 0 Å². The molecular formula is C10H20N2O. The van der Waals surface area contributed by atoms with Gasteiger partial charge < -0.3 is 4.74 Å². The predicted molar refractivity (Wildman–Crippen MR) is 53.4 cm³/mol. The molecule has 0 saturated carbocycles. The molecule has 13 heavy (non-hydrogen) atoms. The first-order valence-electron chi connectivity index (χ1n) is 4.97. The van der Waals surface area contributed by atoms with E-state index in [0.717, 1.165) is 19.4 Å². The second kappa shape index (κ2) is 9.50. The van der Waals surface area contributed by atoms with Crippen molar-refractivity contribution in [2.45, 2.75) is 38.6 Å². The van der Waals surface area contributed by atoms with Crippen LogP contribution in [0, 0.1) is 11.3 Å². The Morgan fingerprint density at radius 1 is 1.46 bits per heavy atom. The summed E-state index contributed by atoms with van der Waals surface area (Å²) in [6.45, 7) is 3.60. The van der Waals surface area contributed by atoms with E-state index in [1.54, 1.807) is 7.11 Å². The lowest BCUT2D eigenvalue weighted by Gasteiger charge is -2.10. The number of nitrogens with one attached hydrogen (secondary N) is 1. The minimum absolute atomic E-state index is 0.00157. The van der Waals surface area contributed by atoms with Crippen LogP contribution in [0.25, 0.3) is 0 Å². The molecule has 0 fully saturated rings. The van der Waals surface area contributed by atoms with Gasteiger partial charge in [-0.25, -0.2) is 0 Å². The average Bonchev–Trinajstić information content (AvgIpc) is 2.16. The Labute approximate surface area is 81.1 Å². The molecule has 3 nitrogen and oxygen atoms in total. The van der Waals surface area contributed by atoms with Crippen molar-refractivity contribution >= 4 is 0 Å². The Morgan fingerprint density at radius 2 is 2.23 bits per heavy atom. The lowest BCUT2D eigenvalue weighted by Crippen LogP contribution is -2.30. The van der Waals surface area contributed by atoms with Crippen LogP contribution in [0.15, 0.2) is 0 Å². The van der Waals surface area contributed by atoms with Gasteiger partial charge in [-0.2, -0.15) is 5.26 Å². The fourth-order valence-corrected chi connectivity index (χ4v) is 1.15. The molecule has 3 heteroatoms. The van der Waals surface area contributed by atoms with Crippen molar-refractivity contribution in [3.63, 3.8) is 0 Å². The number of hydrogen-bond donors (Lipinski definition) is 1. The first-order valence-corrected chi connectivity index (χ1v) is 4.97. The Kier molecular flexibility index (Phi) is 9.07. The summed E-state index contributed by atoms with van der Waals surface area (Å²) in [7, 11) is 1.67. The number of hydrogen-bond acceptors (Lipinski definition) is 3. The molecule has 0 aromatic carbocycles. The van der Waals surface area contributed by atoms with Crippen LogP contribution >= 0.6 is 0 Å². The van der Waals surface area contributed by atoms with Crippen LogP contribution in [0.3, 0.4) is 0 Å². The maximum atomic E-state index is 8.77. The van der Waals surface area contributed by atoms with Gasteiger partial charge in [-0.1, -0.05) is 26.2 Å². The van der Waals surface area contributed by atoms with Gasteiger partial charge in [-0.05, 0) is 6.42 Å². The van der Waals surface area contributed by atoms with Crippen molar-refractivity contribution in [1.29, 1.82) is 5.26 Å². The van der Waals surface area contributed by atoms with Gasteiger partial charge in [-0.3, -0.25) is 5.32 Å². The molecule has 0 amide bonds. The second-order valence-electron chi connectivity index (χ2n) is 3.12. The molecule has 0 rings (SSSR count). The number of nitriles is 1. The summed E-state index contributed by atoms with van der Waals surface area (Å²) < 4.78 is 4.89. The van der Waals surface area contributed by atoms with Crippen LogP contribution in [0.1, 0.15) is 32.6 Å². The van der Waals surface area contributed by atoms with Crippen LogP contribution < -0.4 is 5.32 Å². The smallest absolute Gasteiger partial charge is 0.0953 e. The summed E-state index contributed by atoms with van der Waals surface area (Å²) >= 11 is 0. The van der Waals surface area contributed by atoms with Gasteiger partial charge in [0.15, 0.2) is 0 Å². The molecule has 1 N–H and O–H groups in total. The zero-order valence-electron chi connectivity index (χ0n) is 8.68. The zero-order chi connectivity index (χ0) is 9.94. The quantitative estimate of drug-likeness (QED) is 0.584. The maximum absolute atomic E-state index is 8.77. The standard InChI is InChI=1S/C10H20N2O/c1-3-4-5-6-10(9-11)12-7-8-13-2/h10,12H,3-8H2,1-2H3. The van der Waals surface area contributed by atoms with Crippen molar-refractivity contribution in [2.75, 3.05) is 20.3 Å². The van der Waals surface area contributed by atoms with Crippen LogP contribution in [0.4, 0.5) is 0 Å². The van der Waals surface area contributed by atoms with Gasteiger partial charge in [-0.15, -0.1) is 0 Å². The first kappa shape index (κ1) is 12.4. The summed E-state index contributed by atoms with van der Waals surface area (Å²) in [6.07, 6.45) is 4.50. The summed E-state index contributed by atoms with van der Waals surface area (Å²) in [6, 6.07) is 2.25. The molecule has 0 radical (unpaired) electrons. The topological polar surface area (TPSA) is 45.0 Å². The van der Waals surface area contributed by atoms with Crippen molar-refractivity contribution < 1.29 is 4.74 Å². The second-order valence-corrected chi connectivity index (χ2v) is 3.12. The van der Waals surface area contributed by atoms with Crippen LogP contribution in [0.5, 0.6) is 0 Å². The van der Waals surface area contributed by atoms with Crippen molar-refractivity contribution in [2.24, 2.45) is 0 Å². The van der Waals surface area contributed by atoms with E-state index in [1.165, 1.54) is 12.8 Å². The molecule has 0 bridgehead atoms. The SMILES string of the molecule is CCCCCC(C#N)NCCOC. The molecule has 0 aliphatic heterocycles. The van der Waals surface area contributed by atoms with E-state index >= 15 is 0 Å². The number of rotatable bonds is 8. The predicted octanol–water partition coefficient (Wildman–Crippen LogP) is 1.69. The van der Waals surface area contributed by atoms with Gasteiger partial charge in [0.1, 0.15) is 0 Å². The van der Waals surface area contributed by atoms with E-state index in [2.05, 4.69) is 18.3 Å². The number of unbranched alkanes of at least 4 members (excludes halogenated alkanes) is 2. The Hall–Kier alpha value is -0.590. The van der Waals surface area contributed by atoms with E-state index in [0.29, 0.717) is 6.61 Å². The molecule has 0 aliphatic rings. The Bertz CT molecular complexity index is 132. The molecule has 1 unspecified atom stereocenters. The fraction of sp³-hybridized carbons (Fsp3) is 0.900. The van der Waals surface area contributed by atoms with E-state index in [1.807, 2.05) is 0 Å². The number of methoxy groups -OCH3 is 1. The summed E-state index contributed by atoms with van der Waals surface area (Å²) in [5.41, 5.74) is 0. The zero-order valence-corrected chi connectivity index (χ0v) is 8.68. The lowest BCUT2D eigenvalue weighted by atomic mass is 10.1. The molecule has 76 valence electrons. The highest BCUT2D eigenvalue weighted by atomic mass is 16.5. The van der Waals surface area contributed by atoms with Crippen LogP contribution in [-0.4, -0.2) is 26.3 Å². The van der Waals surface area contributed by atoms with Gasteiger partial charge in [0.25, 0.3) is 0 Å². The highest BCUT2D eigenvalue weighted by Gasteiger charge is 2.04. The van der Waals surface area contributed by atoms with Crippen molar-refractivity contribution in [3.8, 4) is 6.07 Å². The number of nitrogens with zero attached hydrogens (tertiary/aromatic N) is 1. The summed E-state index contributed by atoms with van der Waals surface area (Å²) in [4.78, 5) is 0. The lowest BCUT2D eigenvalue weighted by molar-refractivity contribution is 0.197. The van der Waals surface area contributed by atoms with Gasteiger partial charge in [0.05, 0.1) is 18.7 Å². The molecule has 0 saturated heterocycles. The van der Waals surface area contributed by atoms with E-state index in [4.69, 9.17) is 10.00 Å². The molecule has 0 heterocycles. The summed E-state index contributed by atoms with van der Waals surface area (Å²) in [5.74, 6) is 0. The minimum atomic E-state index is 0.00157. The highest BCUT2D eigenvalue weighted by molar-refractivity contribution is 4.89. The van der Waals surface area contributed by atoms with Gasteiger partial charge in [0, 0.05) is 13.7 Å². The van der Waals surface area contributed by atoms with E-state index in [-0.39, 0.29) is 6.04 Å². The average molecular weight is 184 g/mol. The molecule has 0 aromatic heterocycles.